The van der Waals surface area contributed by atoms with Gasteiger partial charge in [0.05, 0.1) is 0 Å². The van der Waals surface area contributed by atoms with Crippen LogP contribution in [0.4, 0.5) is 0 Å². The molecule has 5 atom stereocenters. The van der Waals surface area contributed by atoms with Crippen LogP contribution in [0.25, 0.3) is 0 Å². The normalized spacial score (nSPS) is 18.5. The van der Waals surface area contributed by atoms with Crippen LogP contribution < -0.4 is 0 Å². The van der Waals surface area contributed by atoms with E-state index in [1.165, 1.54) is 57.8 Å². The van der Waals surface area contributed by atoms with Crippen molar-refractivity contribution in [3.63, 3.8) is 0 Å². The molecule has 0 aromatic heterocycles. The number of unbranched alkanes of at least 4 members (excludes halogenated alkanes) is 1. The maximum atomic E-state index is 2.52. The lowest BCUT2D eigenvalue weighted by molar-refractivity contribution is 0.246. The Bertz CT molecular complexity index is 338. The molecule has 0 aliphatic carbocycles. The van der Waals surface area contributed by atoms with Gasteiger partial charge in [-0.2, -0.15) is 0 Å². The van der Waals surface area contributed by atoms with Crippen molar-refractivity contribution in [2.45, 2.75) is 106 Å². The summed E-state index contributed by atoms with van der Waals surface area (Å²) in [6.07, 6.45) is 21.8. The lowest BCUT2D eigenvalue weighted by Gasteiger charge is -2.29. The Morgan fingerprint density at radius 1 is 0.840 bits per heavy atom. The highest BCUT2D eigenvalue weighted by Gasteiger charge is 2.22. The Balaban J connectivity index is 4.59. The fraction of sp³-hybridized carbons (Fsp3) is 0.840. The van der Waals surface area contributed by atoms with Crippen LogP contribution >= 0.6 is 0 Å². The zero-order valence-corrected chi connectivity index (χ0v) is 18.6. The van der Waals surface area contributed by atoms with Gasteiger partial charge in [-0.1, -0.05) is 104 Å². The highest BCUT2D eigenvalue weighted by atomic mass is 14.3. The van der Waals surface area contributed by atoms with Crippen molar-refractivity contribution < 1.29 is 0 Å². The van der Waals surface area contributed by atoms with Gasteiger partial charge in [0, 0.05) is 0 Å². The van der Waals surface area contributed by atoms with Crippen LogP contribution in [-0.2, 0) is 0 Å². The van der Waals surface area contributed by atoms with E-state index in [2.05, 4.69) is 72.8 Å². The molecule has 0 heteroatoms. The van der Waals surface area contributed by atoms with Gasteiger partial charge in [0.2, 0.25) is 0 Å². The molecule has 0 aliphatic rings. The van der Waals surface area contributed by atoms with Crippen LogP contribution in [0, 0.1) is 29.6 Å². The van der Waals surface area contributed by atoms with Crippen molar-refractivity contribution in [3.8, 4) is 0 Å². The van der Waals surface area contributed by atoms with E-state index >= 15 is 0 Å². The Hall–Kier alpha value is -0.520. The molecule has 0 nitrogen and oxygen atoms in total. The van der Waals surface area contributed by atoms with Gasteiger partial charge in [0.1, 0.15) is 0 Å². The smallest absolute Gasteiger partial charge is 0.0231 e. The number of allylic oxidation sites excluding steroid dienone is 4. The monoisotopic (exact) mass is 348 g/mol. The highest BCUT2D eigenvalue weighted by Crippen LogP contribution is 2.32. The fourth-order valence-corrected chi connectivity index (χ4v) is 4.15. The second-order valence-electron chi connectivity index (χ2n) is 8.28. The molecular weight excluding hydrogens is 300 g/mol. The summed E-state index contributed by atoms with van der Waals surface area (Å²) >= 11 is 0. The molecule has 0 aromatic rings. The Kier molecular flexibility index (Phi) is 15.4. The quantitative estimate of drug-likeness (QED) is 0.259. The average molecular weight is 349 g/mol. The first-order chi connectivity index (χ1) is 12.0. The number of hydrogen-bond donors (Lipinski definition) is 0. The minimum atomic E-state index is 0.696. The molecule has 0 rings (SSSR count). The van der Waals surface area contributed by atoms with Gasteiger partial charge in [-0.3, -0.25) is 0 Å². The summed E-state index contributed by atoms with van der Waals surface area (Å²) in [5.41, 5.74) is 0. The highest BCUT2D eigenvalue weighted by molar-refractivity contribution is 4.93. The molecular formula is C25H48. The lowest BCUT2D eigenvalue weighted by atomic mass is 9.76. The predicted molar refractivity (Wildman–Crippen MR) is 117 cm³/mol. The van der Waals surface area contributed by atoms with E-state index < -0.39 is 0 Å². The molecule has 148 valence electrons. The van der Waals surface area contributed by atoms with Crippen molar-refractivity contribution in [3.05, 3.63) is 24.3 Å². The molecule has 0 aliphatic heterocycles. The van der Waals surface area contributed by atoms with Gasteiger partial charge in [-0.25, -0.2) is 0 Å². The first kappa shape index (κ1) is 24.5. The van der Waals surface area contributed by atoms with Gasteiger partial charge in [-0.15, -0.1) is 0 Å². The van der Waals surface area contributed by atoms with E-state index in [0.29, 0.717) is 5.92 Å². The van der Waals surface area contributed by atoms with Crippen LogP contribution in [-0.4, -0.2) is 0 Å². The topological polar surface area (TPSA) is 0 Å². The van der Waals surface area contributed by atoms with Gasteiger partial charge in [0.25, 0.3) is 0 Å². The van der Waals surface area contributed by atoms with Gasteiger partial charge < -0.3 is 0 Å². The molecule has 0 aromatic carbocycles. The third-order valence-corrected chi connectivity index (χ3v) is 6.28. The summed E-state index contributed by atoms with van der Waals surface area (Å²) in [4.78, 5) is 0. The van der Waals surface area contributed by atoms with Gasteiger partial charge >= 0.3 is 0 Å². The third-order valence-electron chi connectivity index (χ3n) is 6.28. The Labute approximate surface area is 160 Å². The largest absolute Gasteiger partial charge is 0.0914 e. The SMILES string of the molecule is CC=CC(CCC)CC(CC)C(C)C(C)C=CCC(CC)CCCC. The van der Waals surface area contributed by atoms with Crippen molar-refractivity contribution in [1.29, 1.82) is 0 Å². The molecule has 0 spiro atoms. The van der Waals surface area contributed by atoms with Crippen LogP contribution in [0.2, 0.25) is 0 Å². The molecule has 25 heavy (non-hydrogen) atoms. The summed E-state index contributed by atoms with van der Waals surface area (Å²) in [7, 11) is 0. The van der Waals surface area contributed by atoms with E-state index in [4.69, 9.17) is 0 Å². The van der Waals surface area contributed by atoms with Crippen LogP contribution in [0.5, 0.6) is 0 Å². The van der Waals surface area contributed by atoms with Crippen molar-refractivity contribution in [2.24, 2.45) is 29.6 Å². The van der Waals surface area contributed by atoms with E-state index in [-0.39, 0.29) is 0 Å². The van der Waals surface area contributed by atoms with E-state index in [1.54, 1.807) is 0 Å². The predicted octanol–water partition coefficient (Wildman–Crippen LogP) is 8.83. The minimum absolute atomic E-state index is 0.696. The minimum Gasteiger partial charge on any atom is -0.0914 e. The fourth-order valence-electron chi connectivity index (χ4n) is 4.15. The summed E-state index contributed by atoms with van der Waals surface area (Å²) in [5.74, 6) is 3.99. The van der Waals surface area contributed by atoms with Crippen LogP contribution in [0.3, 0.4) is 0 Å². The summed E-state index contributed by atoms with van der Waals surface area (Å²) in [5, 5.41) is 0. The van der Waals surface area contributed by atoms with Gasteiger partial charge in [-0.05, 0) is 55.8 Å². The van der Waals surface area contributed by atoms with E-state index in [9.17, 15) is 0 Å². The van der Waals surface area contributed by atoms with Crippen molar-refractivity contribution in [2.75, 3.05) is 0 Å². The number of hydrogen-bond acceptors (Lipinski definition) is 0. The molecule has 0 bridgehead atoms. The Morgan fingerprint density at radius 3 is 2.08 bits per heavy atom. The van der Waals surface area contributed by atoms with Gasteiger partial charge in [0.15, 0.2) is 0 Å². The summed E-state index contributed by atoms with van der Waals surface area (Å²) < 4.78 is 0. The lowest BCUT2D eigenvalue weighted by Crippen LogP contribution is -2.20. The van der Waals surface area contributed by atoms with E-state index in [0.717, 1.165) is 23.7 Å². The molecule has 0 amide bonds. The molecule has 0 N–H and O–H groups in total. The van der Waals surface area contributed by atoms with Crippen molar-refractivity contribution >= 4 is 0 Å². The molecule has 0 saturated carbocycles. The first-order valence-electron chi connectivity index (χ1n) is 11.3. The second kappa shape index (κ2) is 15.7. The average Bonchev–Trinajstić information content (AvgIpc) is 2.61. The second-order valence-corrected chi connectivity index (χ2v) is 8.28. The van der Waals surface area contributed by atoms with E-state index in [1.807, 2.05) is 0 Å². The van der Waals surface area contributed by atoms with Crippen molar-refractivity contribution in [1.82, 2.24) is 0 Å². The molecule has 0 saturated heterocycles. The van der Waals surface area contributed by atoms with Crippen LogP contribution in [0.1, 0.15) is 106 Å². The number of rotatable bonds is 15. The molecule has 5 unspecified atom stereocenters. The maximum absolute atomic E-state index is 2.52. The Morgan fingerprint density at radius 2 is 1.56 bits per heavy atom. The van der Waals surface area contributed by atoms with Crippen LogP contribution in [0.15, 0.2) is 24.3 Å². The maximum Gasteiger partial charge on any atom is -0.0231 e. The molecule has 0 heterocycles. The third kappa shape index (κ3) is 10.9. The first-order valence-corrected chi connectivity index (χ1v) is 11.3. The zero-order valence-electron chi connectivity index (χ0n) is 18.6. The summed E-state index contributed by atoms with van der Waals surface area (Å²) in [6.45, 7) is 16.4. The summed E-state index contributed by atoms with van der Waals surface area (Å²) in [6, 6.07) is 0. The molecule has 0 fully saturated rings. The standard InChI is InChI=1S/C25H48/c1-8-13-18-23(11-4)19-14-17-21(6)22(7)25(12-5)20-24(15-9-2)16-10-3/h9,14-15,17,21-25H,8,10-13,16,18-20H2,1-7H3. The zero-order chi connectivity index (χ0) is 19.1. The molecule has 0 radical (unpaired) electrons.